The summed E-state index contributed by atoms with van der Waals surface area (Å²) in [7, 11) is 0. The lowest BCUT2D eigenvalue weighted by Crippen LogP contribution is -2.10. The third-order valence-electron chi connectivity index (χ3n) is 4.07. The van der Waals surface area contributed by atoms with Gasteiger partial charge in [0.2, 0.25) is 5.95 Å². The van der Waals surface area contributed by atoms with Crippen LogP contribution in [0.25, 0.3) is 0 Å². The van der Waals surface area contributed by atoms with Crippen LogP contribution in [0.1, 0.15) is 42.9 Å². The number of nitrogens with one attached hydrogen (secondary N) is 2. The normalized spacial score (nSPS) is 17.3. The molecule has 22 heavy (non-hydrogen) atoms. The summed E-state index contributed by atoms with van der Waals surface area (Å²) in [5.74, 6) is 1.84. The molecule has 2 fully saturated rings. The number of nitrogens with zero attached hydrogens (tertiary/aromatic N) is 2. The molecule has 1 aromatic carbocycles. The predicted octanol–water partition coefficient (Wildman–Crippen LogP) is 3.68. The number of rotatable bonds is 6. The largest absolute Gasteiger partial charge is 0.366 e. The van der Waals surface area contributed by atoms with Crippen molar-refractivity contribution in [1.82, 2.24) is 9.97 Å². The Labute approximate surface area is 129 Å². The minimum absolute atomic E-state index is 0.192. The number of aromatic nitrogens is 2. The van der Waals surface area contributed by atoms with E-state index < -0.39 is 0 Å². The highest BCUT2D eigenvalue weighted by atomic mass is 19.1. The first kappa shape index (κ1) is 13.5. The molecular weight excluding hydrogens is 279 g/mol. The number of benzene rings is 1. The van der Waals surface area contributed by atoms with Crippen LogP contribution in [-0.2, 0) is 6.54 Å². The minimum atomic E-state index is -0.192. The van der Waals surface area contributed by atoms with Gasteiger partial charge in [-0.05, 0) is 31.7 Å². The highest BCUT2D eigenvalue weighted by Gasteiger charge is 2.27. The molecule has 2 aliphatic rings. The van der Waals surface area contributed by atoms with Gasteiger partial charge in [-0.1, -0.05) is 18.2 Å². The second kappa shape index (κ2) is 5.55. The molecule has 1 aromatic heterocycles. The van der Waals surface area contributed by atoms with E-state index in [-0.39, 0.29) is 5.82 Å². The molecule has 0 radical (unpaired) electrons. The third kappa shape index (κ3) is 3.18. The topological polar surface area (TPSA) is 49.8 Å². The molecule has 0 bridgehead atoms. The van der Waals surface area contributed by atoms with Gasteiger partial charge in [0.15, 0.2) is 0 Å². The lowest BCUT2D eigenvalue weighted by Gasteiger charge is -2.11. The fourth-order valence-corrected chi connectivity index (χ4v) is 2.45. The van der Waals surface area contributed by atoms with Crippen molar-refractivity contribution in [3.8, 4) is 0 Å². The van der Waals surface area contributed by atoms with Gasteiger partial charge in [-0.25, -0.2) is 9.37 Å². The molecule has 4 rings (SSSR count). The zero-order valence-electron chi connectivity index (χ0n) is 12.3. The monoisotopic (exact) mass is 298 g/mol. The molecule has 0 unspecified atom stereocenters. The Morgan fingerprint density at radius 1 is 1.09 bits per heavy atom. The summed E-state index contributed by atoms with van der Waals surface area (Å²) in [4.78, 5) is 9.12. The molecule has 114 valence electrons. The Bertz CT molecular complexity index is 680. The molecule has 5 heteroatoms. The van der Waals surface area contributed by atoms with E-state index in [9.17, 15) is 4.39 Å². The smallest absolute Gasteiger partial charge is 0.225 e. The van der Waals surface area contributed by atoms with Crippen LogP contribution in [0, 0.1) is 5.82 Å². The molecule has 2 aliphatic carbocycles. The summed E-state index contributed by atoms with van der Waals surface area (Å²) in [6.45, 7) is 0.427. The second-order valence-corrected chi connectivity index (χ2v) is 6.14. The van der Waals surface area contributed by atoms with Gasteiger partial charge in [-0.2, -0.15) is 4.98 Å². The summed E-state index contributed by atoms with van der Waals surface area (Å²) >= 11 is 0. The van der Waals surface area contributed by atoms with Crippen molar-refractivity contribution in [2.24, 2.45) is 0 Å². The van der Waals surface area contributed by atoms with E-state index in [1.54, 1.807) is 12.1 Å². The van der Waals surface area contributed by atoms with Crippen molar-refractivity contribution in [2.45, 2.75) is 44.2 Å². The standard InChI is InChI=1S/C17H19FN4/c18-14-4-2-1-3-12(14)10-19-16-9-15(11-5-6-11)21-17(22-16)20-13-7-8-13/h1-4,9,11,13H,5-8,10H2,(H2,19,20,21,22). The molecule has 0 amide bonds. The quantitative estimate of drug-likeness (QED) is 0.854. The summed E-state index contributed by atoms with van der Waals surface area (Å²) in [5.41, 5.74) is 1.74. The molecule has 0 atom stereocenters. The zero-order valence-corrected chi connectivity index (χ0v) is 12.3. The predicted molar refractivity (Wildman–Crippen MR) is 84.4 cm³/mol. The van der Waals surface area contributed by atoms with Gasteiger partial charge in [0.1, 0.15) is 11.6 Å². The fourth-order valence-electron chi connectivity index (χ4n) is 2.45. The van der Waals surface area contributed by atoms with E-state index >= 15 is 0 Å². The molecule has 0 spiro atoms. The lowest BCUT2D eigenvalue weighted by atomic mass is 10.2. The van der Waals surface area contributed by atoms with E-state index in [0.717, 1.165) is 11.5 Å². The SMILES string of the molecule is Fc1ccccc1CNc1cc(C2CC2)nc(NC2CC2)n1. The van der Waals surface area contributed by atoms with Crippen LogP contribution in [0.5, 0.6) is 0 Å². The molecule has 4 nitrogen and oxygen atoms in total. The van der Waals surface area contributed by atoms with Crippen molar-refractivity contribution in [2.75, 3.05) is 10.6 Å². The summed E-state index contributed by atoms with van der Waals surface area (Å²) in [6, 6.07) is 9.33. The van der Waals surface area contributed by atoms with Crippen LogP contribution >= 0.6 is 0 Å². The average Bonchev–Trinajstić information content (AvgIpc) is 3.39. The van der Waals surface area contributed by atoms with Crippen molar-refractivity contribution >= 4 is 11.8 Å². The Morgan fingerprint density at radius 3 is 2.64 bits per heavy atom. The van der Waals surface area contributed by atoms with Gasteiger partial charge in [0.05, 0.1) is 5.69 Å². The summed E-state index contributed by atoms with van der Waals surface area (Å²) < 4.78 is 13.7. The van der Waals surface area contributed by atoms with Crippen molar-refractivity contribution in [3.05, 3.63) is 47.4 Å². The van der Waals surface area contributed by atoms with Crippen LogP contribution in [0.3, 0.4) is 0 Å². The van der Waals surface area contributed by atoms with Crippen LogP contribution < -0.4 is 10.6 Å². The Kier molecular flexibility index (Phi) is 3.41. The third-order valence-corrected chi connectivity index (χ3v) is 4.07. The highest BCUT2D eigenvalue weighted by molar-refractivity contribution is 5.45. The summed E-state index contributed by atoms with van der Waals surface area (Å²) in [5, 5.41) is 6.58. The number of halogens is 1. The van der Waals surface area contributed by atoms with Crippen LogP contribution in [0.4, 0.5) is 16.2 Å². The zero-order chi connectivity index (χ0) is 14.9. The van der Waals surface area contributed by atoms with Gasteiger partial charge in [0, 0.05) is 30.1 Å². The minimum Gasteiger partial charge on any atom is -0.366 e. The Hall–Kier alpha value is -2.17. The maximum Gasteiger partial charge on any atom is 0.225 e. The molecule has 0 aliphatic heterocycles. The van der Waals surface area contributed by atoms with Crippen LogP contribution in [0.15, 0.2) is 30.3 Å². The van der Waals surface area contributed by atoms with Gasteiger partial charge < -0.3 is 10.6 Å². The van der Waals surface area contributed by atoms with Gasteiger partial charge in [0.25, 0.3) is 0 Å². The maximum absolute atomic E-state index is 13.7. The fraction of sp³-hybridized carbons (Fsp3) is 0.412. The number of hydrogen-bond acceptors (Lipinski definition) is 4. The molecule has 0 saturated heterocycles. The average molecular weight is 298 g/mol. The van der Waals surface area contributed by atoms with Crippen molar-refractivity contribution < 1.29 is 4.39 Å². The summed E-state index contributed by atoms with van der Waals surface area (Å²) in [6.07, 6.45) is 4.78. The first-order chi connectivity index (χ1) is 10.8. The lowest BCUT2D eigenvalue weighted by molar-refractivity contribution is 0.613. The van der Waals surface area contributed by atoms with Crippen molar-refractivity contribution in [3.63, 3.8) is 0 Å². The van der Waals surface area contributed by atoms with E-state index in [2.05, 4.69) is 20.6 Å². The first-order valence-corrected chi connectivity index (χ1v) is 7.91. The molecule has 2 saturated carbocycles. The van der Waals surface area contributed by atoms with Gasteiger partial charge in [-0.15, -0.1) is 0 Å². The Balaban J connectivity index is 1.52. The number of anilines is 2. The van der Waals surface area contributed by atoms with Crippen LogP contribution in [0.2, 0.25) is 0 Å². The Morgan fingerprint density at radius 2 is 1.91 bits per heavy atom. The van der Waals surface area contributed by atoms with E-state index in [1.165, 1.54) is 31.7 Å². The van der Waals surface area contributed by atoms with E-state index in [1.807, 2.05) is 12.1 Å². The maximum atomic E-state index is 13.7. The van der Waals surface area contributed by atoms with Gasteiger partial charge in [-0.3, -0.25) is 0 Å². The number of hydrogen-bond donors (Lipinski definition) is 2. The van der Waals surface area contributed by atoms with Crippen LogP contribution in [-0.4, -0.2) is 16.0 Å². The van der Waals surface area contributed by atoms with E-state index in [0.29, 0.717) is 30.0 Å². The molecule has 1 heterocycles. The molecule has 2 aromatic rings. The van der Waals surface area contributed by atoms with E-state index in [4.69, 9.17) is 0 Å². The highest BCUT2D eigenvalue weighted by Crippen LogP contribution is 2.40. The van der Waals surface area contributed by atoms with Gasteiger partial charge >= 0.3 is 0 Å². The van der Waals surface area contributed by atoms with Crippen molar-refractivity contribution in [1.29, 1.82) is 0 Å². The molecule has 2 N–H and O–H groups in total. The molecular formula is C17H19FN4. The second-order valence-electron chi connectivity index (χ2n) is 6.14. The first-order valence-electron chi connectivity index (χ1n) is 7.91.